The fourth-order valence-electron chi connectivity index (χ4n) is 7.14. The maximum Gasteiger partial charge on any atom is 0.319 e. The molecule has 0 amide bonds. The van der Waals surface area contributed by atoms with E-state index in [2.05, 4.69) is 0 Å². The predicted molar refractivity (Wildman–Crippen MR) is 139 cm³/mol. The van der Waals surface area contributed by atoms with E-state index in [1.54, 1.807) is 0 Å². The van der Waals surface area contributed by atoms with Gasteiger partial charge in [-0.1, -0.05) is 121 Å². The summed E-state index contributed by atoms with van der Waals surface area (Å²) in [5, 5.41) is 0. The number of ether oxygens (including phenoxy) is 1. The SMILES string of the molecule is O=C1OC(=O)[C@H]2[C@@H]1[C@@]1(c3ccccc3)C(=O)[C@@]2(c2ccccc2)C(c2ccccc2)=C1c1ccccc1. The average Bonchev–Trinajstić information content (AvgIpc) is 3.49. The molecule has 3 aliphatic rings. The lowest BCUT2D eigenvalue weighted by Crippen LogP contribution is -2.41. The molecule has 0 radical (unpaired) electrons. The summed E-state index contributed by atoms with van der Waals surface area (Å²) in [6.45, 7) is 0. The fourth-order valence-corrected chi connectivity index (χ4v) is 7.14. The quantitative estimate of drug-likeness (QED) is 0.289. The summed E-state index contributed by atoms with van der Waals surface area (Å²) < 4.78 is 5.36. The number of cyclic esters (lactones) is 2. The minimum absolute atomic E-state index is 0.143. The molecular formula is C33H22O4. The van der Waals surface area contributed by atoms with Gasteiger partial charge >= 0.3 is 11.9 Å². The van der Waals surface area contributed by atoms with Crippen LogP contribution < -0.4 is 0 Å². The highest BCUT2D eigenvalue weighted by molar-refractivity contribution is 6.34. The molecule has 4 aromatic rings. The molecule has 0 N–H and O–H groups in total. The summed E-state index contributed by atoms with van der Waals surface area (Å²) in [4.78, 5) is 42.4. The second-order valence-corrected chi connectivity index (χ2v) is 9.85. The minimum Gasteiger partial charge on any atom is -0.393 e. The van der Waals surface area contributed by atoms with Crippen molar-refractivity contribution >= 4 is 28.9 Å². The van der Waals surface area contributed by atoms with Gasteiger partial charge in [-0.05, 0) is 33.4 Å². The van der Waals surface area contributed by atoms with Crippen molar-refractivity contribution in [2.24, 2.45) is 11.8 Å². The highest BCUT2D eigenvalue weighted by atomic mass is 16.6. The Morgan fingerprint density at radius 1 is 0.459 bits per heavy atom. The number of ketones is 1. The molecule has 4 nitrogen and oxygen atoms in total. The molecule has 2 fully saturated rings. The van der Waals surface area contributed by atoms with Crippen LogP contribution in [0, 0.1) is 11.8 Å². The van der Waals surface area contributed by atoms with Gasteiger partial charge in [0.15, 0.2) is 5.78 Å². The van der Waals surface area contributed by atoms with Crippen molar-refractivity contribution in [2.45, 2.75) is 10.8 Å². The van der Waals surface area contributed by atoms with Crippen molar-refractivity contribution in [3.8, 4) is 0 Å². The van der Waals surface area contributed by atoms with Crippen LogP contribution in [0.3, 0.4) is 0 Å². The Hall–Kier alpha value is -4.57. The van der Waals surface area contributed by atoms with Gasteiger partial charge in [-0.3, -0.25) is 14.4 Å². The molecule has 37 heavy (non-hydrogen) atoms. The van der Waals surface area contributed by atoms with E-state index in [0.29, 0.717) is 11.1 Å². The molecule has 1 heterocycles. The van der Waals surface area contributed by atoms with Crippen LogP contribution >= 0.6 is 0 Å². The molecule has 0 spiro atoms. The number of carbonyl (C=O) groups excluding carboxylic acids is 3. The van der Waals surface area contributed by atoms with Crippen LogP contribution in [0.5, 0.6) is 0 Å². The molecule has 4 atom stereocenters. The van der Waals surface area contributed by atoms with E-state index in [1.807, 2.05) is 121 Å². The van der Waals surface area contributed by atoms with Crippen LogP contribution in [0.15, 0.2) is 121 Å². The Morgan fingerprint density at radius 2 is 0.784 bits per heavy atom. The van der Waals surface area contributed by atoms with Crippen molar-refractivity contribution in [3.05, 3.63) is 144 Å². The molecule has 178 valence electrons. The summed E-state index contributed by atoms with van der Waals surface area (Å²) in [5.74, 6) is -3.33. The van der Waals surface area contributed by atoms with Gasteiger partial charge in [0.25, 0.3) is 0 Å². The van der Waals surface area contributed by atoms with Gasteiger partial charge in [-0.2, -0.15) is 0 Å². The molecule has 4 aromatic carbocycles. The van der Waals surface area contributed by atoms with Gasteiger partial charge in [0.1, 0.15) is 0 Å². The molecule has 2 bridgehead atoms. The minimum atomic E-state index is -1.38. The van der Waals surface area contributed by atoms with E-state index < -0.39 is 34.6 Å². The van der Waals surface area contributed by atoms with E-state index in [4.69, 9.17) is 4.74 Å². The lowest BCUT2D eigenvalue weighted by Gasteiger charge is -2.38. The van der Waals surface area contributed by atoms with Crippen molar-refractivity contribution in [1.82, 2.24) is 0 Å². The first-order chi connectivity index (χ1) is 18.1. The number of fused-ring (bicyclic) bond motifs is 5. The first-order valence-electron chi connectivity index (χ1n) is 12.4. The normalized spacial score (nSPS) is 27.9. The van der Waals surface area contributed by atoms with Crippen molar-refractivity contribution in [3.63, 3.8) is 0 Å². The predicted octanol–water partition coefficient (Wildman–Crippen LogP) is 5.39. The lowest BCUT2D eigenvalue weighted by atomic mass is 9.59. The zero-order valence-electron chi connectivity index (χ0n) is 19.8. The zero-order chi connectivity index (χ0) is 25.2. The molecule has 2 aliphatic carbocycles. The van der Waals surface area contributed by atoms with Gasteiger partial charge in [-0.25, -0.2) is 0 Å². The summed E-state index contributed by atoms with van der Waals surface area (Å²) in [7, 11) is 0. The number of rotatable bonds is 4. The number of esters is 2. The second-order valence-electron chi connectivity index (χ2n) is 9.85. The number of hydrogen-bond donors (Lipinski definition) is 0. The standard InChI is InChI=1S/C33H22O4/c34-29-27-28(30(35)37-29)33(24-19-11-4-12-20-24)26(22-15-7-2-8-16-22)25(21-13-5-1-6-14-21)32(27,31(33)36)23-17-9-3-10-18-23/h1-20,27-28H/t27-,28+,32-,33-/m0/s1. The molecule has 1 saturated carbocycles. The topological polar surface area (TPSA) is 60.4 Å². The van der Waals surface area contributed by atoms with Gasteiger partial charge in [-0.15, -0.1) is 0 Å². The lowest BCUT2D eigenvalue weighted by molar-refractivity contribution is -0.156. The molecule has 1 aliphatic heterocycles. The van der Waals surface area contributed by atoms with Crippen LogP contribution in [0.25, 0.3) is 11.1 Å². The van der Waals surface area contributed by atoms with Crippen molar-refractivity contribution in [2.75, 3.05) is 0 Å². The van der Waals surface area contributed by atoms with Gasteiger partial charge in [0.2, 0.25) is 0 Å². The summed E-state index contributed by atoms with van der Waals surface area (Å²) in [5.41, 5.74) is 1.88. The van der Waals surface area contributed by atoms with E-state index in [-0.39, 0.29) is 5.78 Å². The van der Waals surface area contributed by atoms with E-state index in [9.17, 15) is 9.59 Å². The van der Waals surface area contributed by atoms with Gasteiger partial charge in [0.05, 0.1) is 22.7 Å². The third-order valence-corrected chi connectivity index (χ3v) is 8.31. The average molecular weight is 483 g/mol. The Kier molecular flexibility index (Phi) is 4.52. The molecular weight excluding hydrogens is 460 g/mol. The molecule has 0 aromatic heterocycles. The van der Waals surface area contributed by atoms with Crippen LogP contribution in [-0.4, -0.2) is 17.7 Å². The molecule has 1 saturated heterocycles. The number of hydrogen-bond acceptors (Lipinski definition) is 4. The maximum atomic E-state index is 15.3. The van der Waals surface area contributed by atoms with E-state index in [1.165, 1.54) is 0 Å². The number of allylic oxidation sites excluding steroid dienone is 2. The second kappa shape index (κ2) is 7.71. The molecule has 4 heteroatoms. The van der Waals surface area contributed by atoms with Gasteiger partial charge < -0.3 is 4.74 Å². The first kappa shape index (κ1) is 21.7. The summed E-state index contributed by atoms with van der Waals surface area (Å²) in [6.07, 6.45) is 0. The Morgan fingerprint density at radius 3 is 1.14 bits per heavy atom. The molecule has 7 rings (SSSR count). The largest absolute Gasteiger partial charge is 0.393 e. The Labute approximate surface area is 214 Å². The Bertz CT molecular complexity index is 1470. The number of carbonyl (C=O) groups is 3. The smallest absolute Gasteiger partial charge is 0.319 e. The Balaban J connectivity index is 1.73. The third kappa shape index (κ3) is 2.54. The van der Waals surface area contributed by atoms with Gasteiger partial charge in [0, 0.05) is 0 Å². The zero-order valence-corrected chi connectivity index (χ0v) is 19.8. The van der Waals surface area contributed by atoms with E-state index >= 15 is 4.79 Å². The first-order valence-corrected chi connectivity index (χ1v) is 12.4. The summed E-state index contributed by atoms with van der Waals surface area (Å²) in [6, 6.07) is 38.4. The van der Waals surface area contributed by atoms with Crippen molar-refractivity contribution in [1.29, 1.82) is 0 Å². The number of Topliss-reactive ketones (excluding diaryl/α,β-unsaturated/α-hetero) is 1. The highest BCUT2D eigenvalue weighted by Gasteiger charge is 2.82. The van der Waals surface area contributed by atoms with Crippen LogP contribution in [-0.2, 0) is 30.0 Å². The van der Waals surface area contributed by atoms with E-state index in [0.717, 1.165) is 22.3 Å². The number of benzene rings is 4. The van der Waals surface area contributed by atoms with Crippen LogP contribution in [0.2, 0.25) is 0 Å². The highest BCUT2D eigenvalue weighted by Crippen LogP contribution is 2.74. The van der Waals surface area contributed by atoms with Crippen LogP contribution in [0.1, 0.15) is 22.3 Å². The van der Waals surface area contributed by atoms with Crippen LogP contribution in [0.4, 0.5) is 0 Å². The molecule has 0 unspecified atom stereocenters. The maximum absolute atomic E-state index is 15.3. The third-order valence-electron chi connectivity index (χ3n) is 8.31. The summed E-state index contributed by atoms with van der Waals surface area (Å²) >= 11 is 0. The van der Waals surface area contributed by atoms with Crippen molar-refractivity contribution < 1.29 is 19.1 Å². The fraction of sp³-hybridized carbons (Fsp3) is 0.121. The monoisotopic (exact) mass is 482 g/mol.